The molecule has 2 unspecified atom stereocenters. The Labute approximate surface area is 334 Å². The molecule has 4 aromatic rings. The van der Waals surface area contributed by atoms with E-state index in [-0.39, 0.29) is 33.0 Å². The average Bonchev–Trinajstić information content (AvgIpc) is 3.58. The third-order valence-corrected chi connectivity index (χ3v) is 10.7. The molecule has 2 heterocycles. The van der Waals surface area contributed by atoms with E-state index in [0.717, 1.165) is 22.3 Å². The van der Waals surface area contributed by atoms with Crippen LogP contribution in [0.1, 0.15) is 22.3 Å². The van der Waals surface area contributed by atoms with E-state index in [1.165, 1.54) is 0 Å². The van der Waals surface area contributed by atoms with Gasteiger partial charge in [0.2, 0.25) is 0 Å². The fraction of sp³-hybridized carbons (Fsp3) is 0.366. The zero-order chi connectivity index (χ0) is 41.2. The molecule has 58 heavy (non-hydrogen) atoms. The first-order valence-electron chi connectivity index (χ1n) is 18.1. The summed E-state index contributed by atoms with van der Waals surface area (Å²) in [5.41, 5.74) is 3.29. The summed E-state index contributed by atoms with van der Waals surface area (Å²) in [5, 5.41) is 2.76. The van der Waals surface area contributed by atoms with Crippen molar-refractivity contribution in [2.24, 2.45) is 0 Å². The molecule has 6 atom stereocenters. The average molecular weight is 835 g/mol. The van der Waals surface area contributed by atoms with Crippen LogP contribution in [0.3, 0.4) is 0 Å². The van der Waals surface area contributed by atoms with Crippen LogP contribution in [0.2, 0.25) is 0 Å². The zero-order valence-electron chi connectivity index (χ0n) is 30.7. The number of benzene rings is 4. The number of halogens is 6. The van der Waals surface area contributed by atoms with Gasteiger partial charge in [-0.2, -0.15) is 26.3 Å². The van der Waals surface area contributed by atoms with Crippen molar-refractivity contribution < 1.29 is 64.4 Å². The van der Waals surface area contributed by atoms with Crippen molar-refractivity contribution in [2.45, 2.75) is 79.6 Å². The predicted octanol–water partition coefficient (Wildman–Crippen LogP) is 7.46. The van der Waals surface area contributed by atoms with E-state index in [0.29, 0.717) is 0 Å². The molecular weight excluding hydrogens is 795 g/mol. The van der Waals surface area contributed by atoms with Crippen LogP contribution in [0.4, 0.5) is 31.1 Å². The summed E-state index contributed by atoms with van der Waals surface area (Å²) in [6.45, 7) is -0.577. The third kappa shape index (κ3) is 10.9. The van der Waals surface area contributed by atoms with Crippen molar-refractivity contribution in [1.29, 1.82) is 0 Å². The molecule has 0 spiro atoms. The van der Waals surface area contributed by atoms with Crippen LogP contribution in [0, 0.1) is 0 Å². The van der Waals surface area contributed by atoms with Crippen molar-refractivity contribution in [3.63, 3.8) is 0 Å². The highest BCUT2D eigenvalue weighted by Gasteiger charge is 2.78. The number of carbonyl (C=O) groups excluding carboxylic acids is 2. The number of hydrogen-bond donors (Lipinski definition) is 2. The van der Waals surface area contributed by atoms with E-state index in [1.54, 1.807) is 0 Å². The first-order valence-corrected chi connectivity index (χ1v) is 19.0. The molecule has 2 fully saturated rings. The molecule has 0 saturated carbocycles. The van der Waals surface area contributed by atoms with Crippen molar-refractivity contribution >= 4 is 23.8 Å². The summed E-state index contributed by atoms with van der Waals surface area (Å²) >= 11 is -0.782. The summed E-state index contributed by atoms with van der Waals surface area (Å²) in [6.07, 6.45) is -17.2. The van der Waals surface area contributed by atoms with Crippen LogP contribution in [-0.4, -0.2) is 78.3 Å². The van der Waals surface area contributed by atoms with Gasteiger partial charge in [-0.1, -0.05) is 133 Å². The molecule has 0 aliphatic carbocycles. The van der Waals surface area contributed by atoms with Crippen molar-refractivity contribution in [3.8, 4) is 0 Å². The van der Waals surface area contributed by atoms with Gasteiger partial charge in [0, 0.05) is 6.54 Å². The number of amides is 2. The van der Waals surface area contributed by atoms with Crippen LogP contribution >= 0.6 is 11.8 Å². The summed E-state index contributed by atoms with van der Waals surface area (Å²) in [6, 6.07) is 36.0. The lowest BCUT2D eigenvalue weighted by molar-refractivity contribution is -0.327. The smallest absolute Gasteiger partial charge is 0.428 e. The molecule has 2 aliphatic heterocycles. The molecule has 2 saturated heterocycles. The number of carbonyl (C=O) groups is 2. The molecule has 0 radical (unpaired) electrons. The minimum Gasteiger partial charge on any atom is -0.428 e. The number of nitrogens with one attached hydrogen (secondary N) is 2. The van der Waals surface area contributed by atoms with Crippen LogP contribution < -0.4 is 10.6 Å². The molecule has 2 aliphatic rings. The lowest BCUT2D eigenvalue weighted by Gasteiger charge is -2.46. The van der Waals surface area contributed by atoms with Gasteiger partial charge >= 0.3 is 29.3 Å². The Balaban J connectivity index is 1.27. The van der Waals surface area contributed by atoms with Gasteiger partial charge in [0.15, 0.2) is 6.23 Å². The second-order valence-corrected chi connectivity index (χ2v) is 14.8. The van der Waals surface area contributed by atoms with Crippen molar-refractivity contribution in [1.82, 2.24) is 10.6 Å². The molecule has 10 nitrogen and oxygen atoms in total. The normalized spacial score (nSPS) is 23.2. The van der Waals surface area contributed by atoms with Gasteiger partial charge < -0.3 is 39.1 Å². The first-order chi connectivity index (χ1) is 27.8. The Morgan fingerprint density at radius 3 is 1.52 bits per heavy atom. The monoisotopic (exact) mass is 834 g/mol. The number of rotatable bonds is 16. The largest absolute Gasteiger partial charge is 0.448 e. The molecule has 0 bridgehead atoms. The Kier molecular flexibility index (Phi) is 14.4. The molecule has 0 aromatic heterocycles. The highest BCUT2D eigenvalue weighted by molar-refractivity contribution is 8.02. The van der Waals surface area contributed by atoms with E-state index in [9.17, 15) is 35.9 Å². The Hall–Kier alpha value is -4.65. The SMILES string of the molecule is O=C(NCC1SC(C(F)(F)F)(C(F)(F)F)OC1=O)NC1O[C@H](COCc2ccccc2)[C@@H](OCc2ccccc2)[C@H](OCc2ccccc2)[C@H]1OCc1ccccc1. The van der Waals surface area contributed by atoms with Gasteiger partial charge in [-0.3, -0.25) is 4.79 Å². The van der Waals surface area contributed by atoms with Crippen molar-refractivity contribution in [3.05, 3.63) is 144 Å². The summed E-state index contributed by atoms with van der Waals surface area (Å²) in [5.74, 6) is -1.79. The lowest BCUT2D eigenvalue weighted by atomic mass is 9.97. The maximum absolute atomic E-state index is 13.6. The van der Waals surface area contributed by atoms with Crippen LogP contribution in [0.15, 0.2) is 121 Å². The highest BCUT2D eigenvalue weighted by atomic mass is 32.2. The number of esters is 1. The summed E-state index contributed by atoms with van der Waals surface area (Å²) < 4.78 is 118. The minimum atomic E-state index is -5.98. The van der Waals surface area contributed by atoms with Gasteiger partial charge in [0.25, 0.3) is 0 Å². The highest BCUT2D eigenvalue weighted by Crippen LogP contribution is 2.57. The number of urea groups is 1. The van der Waals surface area contributed by atoms with E-state index in [1.807, 2.05) is 121 Å². The molecule has 6 rings (SSSR count). The van der Waals surface area contributed by atoms with Gasteiger partial charge in [0.1, 0.15) is 29.7 Å². The van der Waals surface area contributed by atoms with Crippen LogP contribution in [0.5, 0.6) is 0 Å². The van der Waals surface area contributed by atoms with E-state index in [4.69, 9.17) is 23.7 Å². The van der Waals surface area contributed by atoms with Gasteiger partial charge in [-0.15, -0.1) is 0 Å². The molecule has 4 aromatic carbocycles. The maximum atomic E-state index is 13.6. The topological polar surface area (TPSA) is 114 Å². The van der Waals surface area contributed by atoms with Gasteiger partial charge in [0.05, 0.1) is 33.0 Å². The van der Waals surface area contributed by atoms with E-state index < -0.39 is 83.5 Å². The molecule has 310 valence electrons. The minimum absolute atomic E-state index is 0.0158. The van der Waals surface area contributed by atoms with E-state index in [2.05, 4.69) is 15.4 Å². The molecule has 2 amide bonds. The molecule has 2 N–H and O–H groups in total. The summed E-state index contributed by atoms with van der Waals surface area (Å²) in [7, 11) is 0. The van der Waals surface area contributed by atoms with Gasteiger partial charge in [-0.05, 0) is 22.3 Å². The Morgan fingerprint density at radius 1 is 0.638 bits per heavy atom. The lowest BCUT2D eigenvalue weighted by Crippen LogP contribution is -2.66. The third-order valence-electron chi connectivity index (χ3n) is 9.17. The number of hydrogen-bond acceptors (Lipinski definition) is 9. The fourth-order valence-corrected chi connectivity index (χ4v) is 7.40. The Bertz CT molecular complexity index is 1880. The second-order valence-electron chi connectivity index (χ2n) is 13.4. The Morgan fingerprint density at radius 2 is 1.07 bits per heavy atom. The van der Waals surface area contributed by atoms with Crippen molar-refractivity contribution in [2.75, 3.05) is 13.2 Å². The van der Waals surface area contributed by atoms with Gasteiger partial charge in [-0.25, -0.2) is 4.79 Å². The molecular formula is C41H40F6N2O8S. The first kappa shape index (κ1) is 42.9. The quantitative estimate of drug-likeness (QED) is 0.0878. The number of cyclic esters (lactones) is 1. The van der Waals surface area contributed by atoms with Crippen LogP contribution in [-0.2, 0) is 59.6 Å². The number of alkyl halides is 6. The number of ether oxygens (including phenoxy) is 6. The fourth-order valence-electron chi connectivity index (χ4n) is 6.29. The molecule has 17 heteroatoms. The standard InChI is InChI=1S/C41H40F6N2O8S/c42-40(43,44)39(41(45,46)47)57-37(50)32(58-39)21-48-38(51)49-36-35(55-25-30-19-11-4-12-20-30)34(54-24-29-17-9-3-10-18-29)33(53-23-28-15-7-2-8-16-28)31(56-36)26-52-22-27-13-5-1-6-14-27/h1-20,31-36H,21-26H2,(H2,48,49,51)/t31-,32?,33-,34+,35-,36?/m1/s1. The van der Waals surface area contributed by atoms with E-state index >= 15 is 0 Å². The second kappa shape index (κ2) is 19.4. The maximum Gasteiger partial charge on any atom is 0.448 e. The van der Waals surface area contributed by atoms with Crippen LogP contribution in [0.25, 0.3) is 0 Å². The predicted molar refractivity (Wildman–Crippen MR) is 199 cm³/mol. The zero-order valence-corrected chi connectivity index (χ0v) is 31.5. The number of thioether (sulfide) groups is 1. The summed E-state index contributed by atoms with van der Waals surface area (Å²) in [4.78, 5) is 21.0.